The summed E-state index contributed by atoms with van der Waals surface area (Å²) in [5, 5.41) is 3.38. The van der Waals surface area contributed by atoms with Crippen LogP contribution in [0.4, 0.5) is 5.69 Å². The van der Waals surface area contributed by atoms with Crippen LogP contribution >= 0.6 is 0 Å². The van der Waals surface area contributed by atoms with Crippen LogP contribution in [0, 0.1) is 0 Å². The monoisotopic (exact) mass is 258 g/mol. The van der Waals surface area contributed by atoms with Crippen LogP contribution in [0.25, 0.3) is 0 Å². The number of rotatable bonds is 6. The van der Waals surface area contributed by atoms with Gasteiger partial charge in [-0.25, -0.2) is 0 Å². The first-order valence-corrected chi connectivity index (χ1v) is 6.34. The zero-order chi connectivity index (χ0) is 13.7. The number of hydrogen-bond acceptors (Lipinski definition) is 3. The van der Waals surface area contributed by atoms with Gasteiger partial charge in [-0.3, -0.25) is 4.79 Å². The molecule has 100 valence electrons. The minimum absolute atomic E-state index is 0.324. The van der Waals surface area contributed by atoms with Crippen molar-refractivity contribution in [2.75, 3.05) is 5.32 Å². The molecule has 4 heteroatoms. The second-order valence-corrected chi connectivity index (χ2v) is 4.61. The van der Waals surface area contributed by atoms with Crippen molar-refractivity contribution in [3.8, 4) is 0 Å². The molecule has 1 unspecified atom stereocenters. The van der Waals surface area contributed by atoms with Gasteiger partial charge in [0.05, 0.1) is 6.26 Å². The van der Waals surface area contributed by atoms with E-state index in [1.165, 1.54) is 0 Å². The molecule has 1 aromatic carbocycles. The van der Waals surface area contributed by atoms with Gasteiger partial charge in [-0.05, 0) is 49.7 Å². The van der Waals surface area contributed by atoms with Crippen molar-refractivity contribution in [1.82, 2.24) is 0 Å². The average molecular weight is 258 g/mol. The van der Waals surface area contributed by atoms with Crippen LogP contribution in [0.2, 0.25) is 0 Å². The van der Waals surface area contributed by atoms with Gasteiger partial charge >= 0.3 is 0 Å². The zero-order valence-electron chi connectivity index (χ0n) is 10.9. The fraction of sp³-hybridized carbons (Fsp3) is 0.267. The van der Waals surface area contributed by atoms with E-state index < -0.39 is 5.91 Å². The first-order chi connectivity index (χ1) is 9.15. The number of carbonyl (C=O) groups is 1. The molecule has 19 heavy (non-hydrogen) atoms. The zero-order valence-corrected chi connectivity index (χ0v) is 10.9. The quantitative estimate of drug-likeness (QED) is 0.837. The predicted molar refractivity (Wildman–Crippen MR) is 75.1 cm³/mol. The van der Waals surface area contributed by atoms with Gasteiger partial charge in [0.1, 0.15) is 5.76 Å². The molecule has 0 aliphatic heterocycles. The lowest BCUT2D eigenvalue weighted by molar-refractivity contribution is 0.100. The summed E-state index contributed by atoms with van der Waals surface area (Å²) in [5.41, 5.74) is 6.70. The van der Waals surface area contributed by atoms with Crippen LogP contribution in [0.5, 0.6) is 0 Å². The van der Waals surface area contributed by atoms with Gasteiger partial charge in [0, 0.05) is 23.7 Å². The molecule has 0 spiro atoms. The molecule has 2 rings (SSSR count). The third-order valence-corrected chi connectivity index (χ3v) is 2.99. The van der Waals surface area contributed by atoms with Crippen molar-refractivity contribution < 1.29 is 9.21 Å². The molecule has 1 heterocycles. The van der Waals surface area contributed by atoms with Crippen molar-refractivity contribution in [2.45, 2.75) is 25.8 Å². The fourth-order valence-corrected chi connectivity index (χ4v) is 1.90. The Kier molecular flexibility index (Phi) is 4.23. The van der Waals surface area contributed by atoms with Gasteiger partial charge in [0.2, 0.25) is 5.91 Å². The van der Waals surface area contributed by atoms with E-state index in [9.17, 15) is 4.79 Å². The van der Waals surface area contributed by atoms with Gasteiger partial charge < -0.3 is 15.5 Å². The largest absolute Gasteiger partial charge is 0.469 e. The van der Waals surface area contributed by atoms with Crippen LogP contribution in [-0.4, -0.2) is 11.9 Å². The molecule has 0 fully saturated rings. The highest BCUT2D eigenvalue weighted by atomic mass is 16.3. The molecule has 0 saturated carbocycles. The van der Waals surface area contributed by atoms with E-state index in [-0.39, 0.29) is 0 Å². The molecule has 0 aliphatic rings. The molecule has 0 saturated heterocycles. The van der Waals surface area contributed by atoms with Gasteiger partial charge in [0.15, 0.2) is 0 Å². The van der Waals surface area contributed by atoms with E-state index in [4.69, 9.17) is 10.2 Å². The molecule has 1 amide bonds. The molecular weight excluding hydrogens is 240 g/mol. The molecule has 1 aromatic heterocycles. The number of furan rings is 1. The topological polar surface area (TPSA) is 68.3 Å². The van der Waals surface area contributed by atoms with Crippen LogP contribution in [0.1, 0.15) is 29.5 Å². The number of benzene rings is 1. The Bertz CT molecular complexity index is 518. The second kappa shape index (κ2) is 6.09. The van der Waals surface area contributed by atoms with Crippen molar-refractivity contribution >= 4 is 11.6 Å². The Morgan fingerprint density at radius 2 is 2.05 bits per heavy atom. The highest BCUT2D eigenvalue weighted by Crippen LogP contribution is 2.13. The van der Waals surface area contributed by atoms with E-state index in [1.807, 2.05) is 24.3 Å². The summed E-state index contributed by atoms with van der Waals surface area (Å²) in [7, 11) is 0. The number of anilines is 1. The van der Waals surface area contributed by atoms with Crippen molar-refractivity contribution in [3.05, 3.63) is 54.0 Å². The number of amides is 1. The van der Waals surface area contributed by atoms with E-state index in [2.05, 4.69) is 12.2 Å². The Morgan fingerprint density at radius 3 is 2.63 bits per heavy atom. The number of nitrogens with two attached hydrogens (primary N) is 1. The maximum Gasteiger partial charge on any atom is 0.248 e. The van der Waals surface area contributed by atoms with Crippen LogP contribution < -0.4 is 11.1 Å². The normalized spacial score (nSPS) is 12.1. The van der Waals surface area contributed by atoms with Crippen molar-refractivity contribution in [3.63, 3.8) is 0 Å². The Morgan fingerprint density at radius 1 is 1.32 bits per heavy atom. The lowest BCUT2D eigenvalue weighted by atomic mass is 10.1. The molecule has 1 atom stereocenters. The highest BCUT2D eigenvalue weighted by Gasteiger charge is 2.05. The molecule has 2 aromatic rings. The Labute approximate surface area is 112 Å². The van der Waals surface area contributed by atoms with E-state index in [0.717, 1.165) is 24.3 Å². The lowest BCUT2D eigenvalue weighted by Gasteiger charge is -2.14. The standard InChI is InChI=1S/C15H18N2O2/c1-11(4-9-14-3-2-10-19-14)17-13-7-5-12(6-8-13)15(16)18/h2-3,5-8,10-11,17H,4,9H2,1H3,(H2,16,18). The van der Waals surface area contributed by atoms with Crippen molar-refractivity contribution in [2.24, 2.45) is 5.73 Å². The molecule has 0 radical (unpaired) electrons. The number of primary amides is 1. The smallest absolute Gasteiger partial charge is 0.248 e. The summed E-state index contributed by atoms with van der Waals surface area (Å²) in [4.78, 5) is 11.0. The Hall–Kier alpha value is -2.23. The van der Waals surface area contributed by atoms with E-state index in [1.54, 1.807) is 18.4 Å². The third-order valence-electron chi connectivity index (χ3n) is 2.99. The molecule has 0 bridgehead atoms. The fourth-order valence-electron chi connectivity index (χ4n) is 1.90. The number of hydrogen-bond donors (Lipinski definition) is 2. The molecule has 4 nitrogen and oxygen atoms in total. The molecule has 0 aliphatic carbocycles. The van der Waals surface area contributed by atoms with Gasteiger partial charge in [0.25, 0.3) is 0 Å². The minimum Gasteiger partial charge on any atom is -0.469 e. The maximum absolute atomic E-state index is 11.0. The van der Waals surface area contributed by atoms with E-state index >= 15 is 0 Å². The van der Waals surface area contributed by atoms with Crippen molar-refractivity contribution in [1.29, 1.82) is 0 Å². The highest BCUT2D eigenvalue weighted by molar-refractivity contribution is 5.93. The molecule has 3 N–H and O–H groups in total. The SMILES string of the molecule is CC(CCc1ccco1)Nc1ccc(C(N)=O)cc1. The summed E-state index contributed by atoms with van der Waals surface area (Å²) in [5.74, 6) is 0.593. The van der Waals surface area contributed by atoms with Crippen LogP contribution in [-0.2, 0) is 6.42 Å². The van der Waals surface area contributed by atoms with E-state index in [0.29, 0.717) is 11.6 Å². The first kappa shape index (κ1) is 13.2. The minimum atomic E-state index is -0.405. The number of nitrogens with one attached hydrogen (secondary N) is 1. The maximum atomic E-state index is 11.0. The summed E-state index contributed by atoms with van der Waals surface area (Å²) in [6.45, 7) is 2.12. The van der Waals surface area contributed by atoms with Gasteiger partial charge in [-0.15, -0.1) is 0 Å². The summed E-state index contributed by atoms with van der Waals surface area (Å²) in [6.07, 6.45) is 3.57. The summed E-state index contributed by atoms with van der Waals surface area (Å²) < 4.78 is 5.30. The lowest BCUT2D eigenvalue weighted by Crippen LogP contribution is -2.16. The van der Waals surface area contributed by atoms with Crippen LogP contribution in [0.3, 0.4) is 0 Å². The Balaban J connectivity index is 1.84. The van der Waals surface area contributed by atoms with Gasteiger partial charge in [-0.1, -0.05) is 0 Å². The second-order valence-electron chi connectivity index (χ2n) is 4.61. The van der Waals surface area contributed by atoms with Gasteiger partial charge in [-0.2, -0.15) is 0 Å². The number of aryl methyl sites for hydroxylation is 1. The van der Waals surface area contributed by atoms with Crippen LogP contribution in [0.15, 0.2) is 47.1 Å². The predicted octanol–water partition coefficient (Wildman–Crippen LogP) is 2.81. The average Bonchev–Trinajstić information content (AvgIpc) is 2.90. The first-order valence-electron chi connectivity index (χ1n) is 6.34. The third kappa shape index (κ3) is 3.88. The summed E-state index contributed by atoms with van der Waals surface area (Å²) in [6, 6.07) is 11.4. The number of carbonyl (C=O) groups excluding carboxylic acids is 1. The molecular formula is C15H18N2O2. The summed E-state index contributed by atoms with van der Waals surface area (Å²) >= 11 is 0.